The van der Waals surface area contributed by atoms with E-state index in [1.54, 1.807) is 0 Å². The van der Waals surface area contributed by atoms with Gasteiger partial charge in [0.2, 0.25) is 0 Å². The lowest BCUT2D eigenvalue weighted by Crippen LogP contribution is -1.88. The Morgan fingerprint density at radius 1 is 0.842 bits per heavy atom. The molecule has 0 aliphatic heterocycles. The molecule has 0 aliphatic carbocycles. The van der Waals surface area contributed by atoms with E-state index in [0.29, 0.717) is 0 Å². The van der Waals surface area contributed by atoms with Crippen molar-refractivity contribution < 1.29 is 0 Å². The smallest absolute Gasteiger partial charge is 0.0708 e. The fourth-order valence-electron chi connectivity index (χ4n) is 2.11. The van der Waals surface area contributed by atoms with Crippen LogP contribution in [-0.2, 0) is 0 Å². The summed E-state index contributed by atoms with van der Waals surface area (Å²) < 4.78 is 0. The molecule has 0 aliphatic rings. The highest BCUT2D eigenvalue weighted by molar-refractivity contribution is 5.91. The van der Waals surface area contributed by atoms with Crippen LogP contribution in [0.5, 0.6) is 0 Å². The second kappa shape index (κ2) is 4.94. The summed E-state index contributed by atoms with van der Waals surface area (Å²) in [4.78, 5) is 4.42. The van der Waals surface area contributed by atoms with Gasteiger partial charge in [-0.1, -0.05) is 48.5 Å². The summed E-state index contributed by atoms with van der Waals surface area (Å²) in [7, 11) is 0. The van der Waals surface area contributed by atoms with Gasteiger partial charge >= 0.3 is 0 Å². The van der Waals surface area contributed by atoms with Crippen molar-refractivity contribution in [3.05, 3.63) is 72.1 Å². The molecule has 2 aromatic carbocycles. The molecule has 0 saturated carbocycles. The fraction of sp³-hybridized carbons (Fsp3) is 0. The summed E-state index contributed by atoms with van der Waals surface area (Å²) in [6.07, 6.45) is 5.84. The van der Waals surface area contributed by atoms with Gasteiger partial charge in [0, 0.05) is 17.3 Å². The van der Waals surface area contributed by atoms with Gasteiger partial charge in [-0.15, -0.1) is 0 Å². The number of hydrogen-bond acceptors (Lipinski definition) is 2. The minimum absolute atomic E-state index is 0.777. The van der Waals surface area contributed by atoms with Gasteiger partial charge in [-0.05, 0) is 29.2 Å². The zero-order valence-electron chi connectivity index (χ0n) is 10.5. The van der Waals surface area contributed by atoms with Gasteiger partial charge in [0.15, 0.2) is 0 Å². The predicted molar refractivity (Wildman–Crippen MR) is 81.5 cm³/mol. The number of benzene rings is 2. The first-order chi connectivity index (χ1) is 9.34. The Morgan fingerprint density at radius 3 is 2.53 bits per heavy atom. The number of aromatic nitrogens is 1. The number of hydrogen-bond donors (Lipinski definition) is 1. The van der Waals surface area contributed by atoms with Crippen LogP contribution in [0.3, 0.4) is 0 Å². The lowest BCUT2D eigenvalue weighted by Gasteiger charge is -2.02. The van der Waals surface area contributed by atoms with Crippen LogP contribution in [0.2, 0.25) is 0 Å². The molecule has 0 radical (unpaired) electrons. The molecule has 19 heavy (non-hydrogen) atoms. The largest absolute Gasteiger partial charge is 0.398 e. The van der Waals surface area contributed by atoms with E-state index in [4.69, 9.17) is 5.73 Å². The standard InChI is InChI=1S/C17H14N2/c18-16-8-4-2-6-14(16)9-10-17-15-7-3-1-5-13(15)11-12-19-17/h1-12H,18H2/b10-9+. The average molecular weight is 246 g/mol. The maximum Gasteiger partial charge on any atom is 0.0708 e. The molecular weight excluding hydrogens is 232 g/mol. The zero-order valence-corrected chi connectivity index (χ0v) is 10.5. The first-order valence-electron chi connectivity index (χ1n) is 6.21. The van der Waals surface area contributed by atoms with Crippen molar-refractivity contribution in [3.8, 4) is 0 Å². The highest BCUT2D eigenvalue weighted by Crippen LogP contribution is 2.19. The third-order valence-corrected chi connectivity index (χ3v) is 3.12. The monoisotopic (exact) mass is 246 g/mol. The number of nitrogen functional groups attached to an aromatic ring is 1. The van der Waals surface area contributed by atoms with Crippen LogP contribution in [0.1, 0.15) is 11.3 Å². The van der Waals surface area contributed by atoms with Crippen molar-refractivity contribution in [1.82, 2.24) is 4.98 Å². The number of nitrogens with zero attached hydrogens (tertiary/aromatic N) is 1. The van der Waals surface area contributed by atoms with Crippen LogP contribution in [0.4, 0.5) is 5.69 Å². The number of fused-ring (bicyclic) bond motifs is 1. The molecule has 3 rings (SSSR count). The summed E-state index contributed by atoms with van der Waals surface area (Å²) >= 11 is 0. The second-order valence-corrected chi connectivity index (χ2v) is 4.38. The second-order valence-electron chi connectivity index (χ2n) is 4.38. The van der Waals surface area contributed by atoms with E-state index >= 15 is 0 Å². The number of pyridine rings is 1. The summed E-state index contributed by atoms with van der Waals surface area (Å²) in [5, 5.41) is 2.34. The van der Waals surface area contributed by atoms with Crippen LogP contribution in [-0.4, -0.2) is 4.98 Å². The topological polar surface area (TPSA) is 38.9 Å². The fourth-order valence-corrected chi connectivity index (χ4v) is 2.11. The van der Waals surface area contributed by atoms with Gasteiger partial charge in [-0.25, -0.2) is 0 Å². The molecule has 0 amide bonds. The van der Waals surface area contributed by atoms with Gasteiger partial charge in [0.25, 0.3) is 0 Å². The zero-order chi connectivity index (χ0) is 13.1. The minimum Gasteiger partial charge on any atom is -0.398 e. The number of anilines is 1. The molecule has 0 atom stereocenters. The third-order valence-electron chi connectivity index (χ3n) is 3.12. The van der Waals surface area contributed by atoms with Crippen molar-refractivity contribution in [2.75, 3.05) is 5.73 Å². The quantitative estimate of drug-likeness (QED) is 0.694. The molecule has 2 heteroatoms. The van der Waals surface area contributed by atoms with Crippen molar-refractivity contribution in [2.24, 2.45) is 0 Å². The lowest BCUT2D eigenvalue weighted by atomic mass is 10.1. The predicted octanol–water partition coefficient (Wildman–Crippen LogP) is 3.99. The van der Waals surface area contributed by atoms with Crippen molar-refractivity contribution >= 4 is 28.6 Å². The molecule has 0 bridgehead atoms. The van der Waals surface area contributed by atoms with E-state index in [0.717, 1.165) is 22.3 Å². The van der Waals surface area contributed by atoms with Crippen LogP contribution in [0.25, 0.3) is 22.9 Å². The molecule has 1 aromatic heterocycles. The Labute approximate surface area is 112 Å². The van der Waals surface area contributed by atoms with Crippen LogP contribution < -0.4 is 5.73 Å². The molecule has 0 saturated heterocycles. The Hall–Kier alpha value is -2.61. The van der Waals surface area contributed by atoms with Crippen LogP contribution in [0, 0.1) is 0 Å². The highest BCUT2D eigenvalue weighted by atomic mass is 14.7. The minimum atomic E-state index is 0.777. The Bertz CT molecular complexity index is 740. The van der Waals surface area contributed by atoms with E-state index in [9.17, 15) is 0 Å². The molecule has 3 aromatic rings. The van der Waals surface area contributed by atoms with Gasteiger partial charge in [-0.3, -0.25) is 4.98 Å². The van der Waals surface area contributed by atoms with Crippen molar-refractivity contribution in [1.29, 1.82) is 0 Å². The molecule has 92 valence electrons. The molecule has 2 N–H and O–H groups in total. The van der Waals surface area contributed by atoms with E-state index in [1.807, 2.05) is 60.8 Å². The van der Waals surface area contributed by atoms with Gasteiger partial charge < -0.3 is 5.73 Å². The molecule has 0 spiro atoms. The third kappa shape index (κ3) is 2.33. The SMILES string of the molecule is Nc1ccccc1/C=C/c1nccc2ccccc12. The normalized spacial score (nSPS) is 11.2. The average Bonchev–Trinajstić information content (AvgIpc) is 2.46. The van der Waals surface area contributed by atoms with Gasteiger partial charge in [-0.2, -0.15) is 0 Å². The van der Waals surface area contributed by atoms with Crippen molar-refractivity contribution in [3.63, 3.8) is 0 Å². The Balaban J connectivity index is 2.04. The maximum absolute atomic E-state index is 5.93. The van der Waals surface area contributed by atoms with E-state index in [1.165, 1.54) is 5.39 Å². The maximum atomic E-state index is 5.93. The molecular formula is C17H14N2. The van der Waals surface area contributed by atoms with Crippen LogP contribution >= 0.6 is 0 Å². The lowest BCUT2D eigenvalue weighted by molar-refractivity contribution is 1.33. The molecule has 1 heterocycles. The number of rotatable bonds is 2. The Kier molecular flexibility index (Phi) is 2.99. The van der Waals surface area contributed by atoms with E-state index in [-0.39, 0.29) is 0 Å². The summed E-state index contributed by atoms with van der Waals surface area (Å²) in [5.41, 5.74) is 8.67. The van der Waals surface area contributed by atoms with Crippen molar-refractivity contribution in [2.45, 2.75) is 0 Å². The first-order valence-corrected chi connectivity index (χ1v) is 6.21. The highest BCUT2D eigenvalue weighted by Gasteiger charge is 1.98. The summed E-state index contributed by atoms with van der Waals surface area (Å²) in [6, 6.07) is 18.1. The number of para-hydroxylation sites is 1. The van der Waals surface area contributed by atoms with E-state index in [2.05, 4.69) is 17.1 Å². The van der Waals surface area contributed by atoms with Gasteiger partial charge in [0.1, 0.15) is 0 Å². The first kappa shape index (κ1) is 11.5. The van der Waals surface area contributed by atoms with Gasteiger partial charge in [0.05, 0.1) is 5.69 Å². The molecule has 0 fully saturated rings. The molecule has 2 nitrogen and oxygen atoms in total. The number of nitrogens with two attached hydrogens (primary N) is 1. The molecule has 0 unspecified atom stereocenters. The summed E-state index contributed by atoms with van der Waals surface area (Å²) in [6.45, 7) is 0. The summed E-state index contributed by atoms with van der Waals surface area (Å²) in [5.74, 6) is 0. The van der Waals surface area contributed by atoms with Crippen LogP contribution in [0.15, 0.2) is 60.8 Å². The Morgan fingerprint density at radius 2 is 1.63 bits per heavy atom. The van der Waals surface area contributed by atoms with E-state index < -0.39 is 0 Å².